The number of phenolic OH excluding ortho intramolecular Hbond substituents is 1. The number of halogens is 5. The highest BCUT2D eigenvalue weighted by Crippen LogP contribution is 2.45. The fraction of sp³-hybridized carbons (Fsp3) is 0.312. The Hall–Kier alpha value is -4.11. The number of likely N-dealkylation sites (N-methyl/N-ethyl adjacent to an activating group) is 1. The van der Waals surface area contributed by atoms with E-state index in [9.17, 15) is 24.3 Å². The number of phenols is 1. The molecule has 0 saturated carbocycles. The summed E-state index contributed by atoms with van der Waals surface area (Å²) < 4.78 is 31.2. The monoisotopic (exact) mass is 688 g/mol. The van der Waals surface area contributed by atoms with Gasteiger partial charge in [-0.1, -0.05) is 55.2 Å². The van der Waals surface area contributed by atoms with Gasteiger partial charge < -0.3 is 19.8 Å². The summed E-state index contributed by atoms with van der Waals surface area (Å²) in [6.45, 7) is 10.5. The van der Waals surface area contributed by atoms with Gasteiger partial charge in [-0.05, 0) is 42.8 Å². The molecule has 14 heteroatoms. The van der Waals surface area contributed by atoms with Gasteiger partial charge in [0.1, 0.15) is 17.3 Å². The first-order chi connectivity index (χ1) is 21.7. The molecule has 0 radical (unpaired) electrons. The van der Waals surface area contributed by atoms with E-state index in [4.69, 9.17) is 34.8 Å². The van der Waals surface area contributed by atoms with E-state index in [0.717, 1.165) is 5.57 Å². The minimum Gasteiger partial charge on any atom is -0.503 e. The summed E-state index contributed by atoms with van der Waals surface area (Å²) in [7, 11) is 1.86. The van der Waals surface area contributed by atoms with Gasteiger partial charge >= 0.3 is 0 Å². The Morgan fingerprint density at radius 3 is 2.41 bits per heavy atom. The van der Waals surface area contributed by atoms with Crippen LogP contribution in [-0.2, 0) is 4.79 Å². The van der Waals surface area contributed by atoms with Crippen molar-refractivity contribution in [2.75, 3.05) is 38.1 Å². The first-order valence-corrected chi connectivity index (χ1v) is 15.4. The summed E-state index contributed by atoms with van der Waals surface area (Å²) in [5.74, 6) is -4.53. The summed E-state index contributed by atoms with van der Waals surface area (Å²) in [4.78, 5) is 36.8. The third-order valence-corrected chi connectivity index (χ3v) is 9.42. The number of aromatic nitrogens is 2. The number of amides is 1. The van der Waals surface area contributed by atoms with E-state index in [-0.39, 0.29) is 58.6 Å². The average Bonchev–Trinajstić information content (AvgIpc) is 3.03. The second-order valence-corrected chi connectivity index (χ2v) is 12.6. The van der Waals surface area contributed by atoms with Crippen molar-refractivity contribution in [2.24, 2.45) is 5.92 Å². The van der Waals surface area contributed by atoms with Gasteiger partial charge in [-0.3, -0.25) is 14.2 Å². The van der Waals surface area contributed by atoms with E-state index in [1.54, 1.807) is 9.80 Å². The predicted octanol–water partition coefficient (Wildman–Crippen LogP) is 6.43. The van der Waals surface area contributed by atoms with Gasteiger partial charge in [0, 0.05) is 38.6 Å². The van der Waals surface area contributed by atoms with Gasteiger partial charge in [-0.25, -0.2) is 13.8 Å². The van der Waals surface area contributed by atoms with E-state index >= 15 is 4.39 Å². The molecule has 2 aliphatic heterocycles. The Labute approximate surface area is 278 Å². The van der Waals surface area contributed by atoms with Crippen molar-refractivity contribution >= 4 is 63.1 Å². The second-order valence-electron chi connectivity index (χ2n) is 11.4. The molecule has 1 amide bonds. The molecule has 9 nitrogen and oxygen atoms in total. The van der Waals surface area contributed by atoms with Crippen LogP contribution in [0.2, 0.25) is 15.1 Å². The quantitative estimate of drug-likeness (QED) is 0.187. The molecule has 0 spiro atoms. The number of hydrogen-bond acceptors (Lipinski definition) is 7. The van der Waals surface area contributed by atoms with E-state index in [1.165, 1.54) is 16.7 Å². The molecule has 1 N–H and O–H groups in total. The maximum atomic E-state index is 15.5. The van der Waals surface area contributed by atoms with Crippen molar-refractivity contribution in [1.82, 2.24) is 19.4 Å². The number of fused-ring (bicyclic) bond motifs is 1. The van der Waals surface area contributed by atoms with Crippen LogP contribution in [0.1, 0.15) is 26.3 Å². The molecule has 0 bridgehead atoms. The molecule has 3 aromatic rings. The summed E-state index contributed by atoms with van der Waals surface area (Å²) in [5, 5.41) is 19.4. The summed E-state index contributed by atoms with van der Waals surface area (Å²) in [5.41, 5.74) is -0.203. The summed E-state index contributed by atoms with van der Waals surface area (Å²) in [6, 6.07) is 3.17. The number of anilines is 1. The molecule has 1 saturated heterocycles. The van der Waals surface area contributed by atoms with Crippen LogP contribution in [0.4, 0.5) is 14.5 Å². The van der Waals surface area contributed by atoms with Crippen LogP contribution in [0.25, 0.3) is 28.0 Å². The number of carbonyl (C=O) groups excluding carboxylic acids is 1. The van der Waals surface area contributed by atoms with E-state index in [0.29, 0.717) is 24.2 Å². The number of nitriles is 1. The van der Waals surface area contributed by atoms with E-state index in [1.807, 2.05) is 45.0 Å². The van der Waals surface area contributed by atoms with Crippen molar-refractivity contribution in [2.45, 2.75) is 26.8 Å². The Morgan fingerprint density at radius 2 is 1.83 bits per heavy atom. The lowest BCUT2D eigenvalue weighted by Gasteiger charge is -2.38. The zero-order valence-corrected chi connectivity index (χ0v) is 27.6. The van der Waals surface area contributed by atoms with Crippen LogP contribution in [0, 0.1) is 28.9 Å². The molecule has 1 unspecified atom stereocenters. The van der Waals surface area contributed by atoms with Gasteiger partial charge in [0.15, 0.2) is 17.4 Å². The van der Waals surface area contributed by atoms with E-state index in [2.05, 4.69) is 17.6 Å². The summed E-state index contributed by atoms with van der Waals surface area (Å²) >= 11 is 19.0. The molecular formula is C32H29Cl3F2N6O3. The normalized spacial score (nSPS) is 16.9. The maximum absolute atomic E-state index is 15.5. The van der Waals surface area contributed by atoms with Gasteiger partial charge in [0.25, 0.3) is 5.56 Å². The number of benzene rings is 1. The number of nitrogens with zero attached hydrogens (tertiary/aromatic N) is 6. The Kier molecular flexibility index (Phi) is 9.10. The number of aromatic hydroxyl groups is 1. The standard InChI is InChI=1S/C32H29Cl3F2N6O3/c1-6-20(44)41-9-11-42(12-10-41)29-17-13-19(33)26(21-22(34)23(35)25(37)30(45)24(21)36)39-31(17)43(32(46)18(29)14-38)28-16(4)7-8-40(5)27(28)15(2)3/h6-8,13,15,27,45H,1,9-12H2,2-5H3. The number of piperazine rings is 1. The zero-order valence-electron chi connectivity index (χ0n) is 25.3. The predicted molar refractivity (Wildman–Crippen MR) is 176 cm³/mol. The second kappa shape index (κ2) is 12.6. The molecular weight excluding hydrogens is 661 g/mol. The van der Waals surface area contributed by atoms with Gasteiger partial charge in [-0.2, -0.15) is 5.26 Å². The number of hydrogen-bond donors (Lipinski definition) is 1. The SMILES string of the molecule is C=CC(=O)N1CCN(c2c(C#N)c(=O)n(C3=C(C)C=CN(C)C3C(C)C)c3nc(-c4c(F)c(O)c(F)c(Cl)c4Cl)c(Cl)cc23)CC1. The fourth-order valence-electron chi connectivity index (χ4n) is 6.13. The highest BCUT2D eigenvalue weighted by molar-refractivity contribution is 6.44. The van der Waals surface area contributed by atoms with Crippen LogP contribution in [0.5, 0.6) is 5.75 Å². The van der Waals surface area contributed by atoms with Crippen LogP contribution < -0.4 is 10.5 Å². The molecule has 2 aliphatic rings. The third-order valence-electron chi connectivity index (χ3n) is 8.30. The Bertz CT molecular complexity index is 1950. The topological polar surface area (TPSA) is 106 Å². The number of carbonyl (C=O) groups is 1. The molecule has 1 atom stereocenters. The molecule has 0 aliphatic carbocycles. The van der Waals surface area contributed by atoms with Crippen molar-refractivity contribution in [3.8, 4) is 23.1 Å². The van der Waals surface area contributed by atoms with Crippen LogP contribution in [0.3, 0.4) is 0 Å². The van der Waals surface area contributed by atoms with Crippen molar-refractivity contribution in [3.05, 3.63) is 79.2 Å². The highest BCUT2D eigenvalue weighted by Gasteiger charge is 2.34. The van der Waals surface area contributed by atoms with E-state index < -0.39 is 38.6 Å². The van der Waals surface area contributed by atoms with Crippen molar-refractivity contribution in [3.63, 3.8) is 0 Å². The lowest BCUT2D eigenvalue weighted by atomic mass is 9.93. The molecule has 240 valence electrons. The third kappa shape index (κ3) is 5.28. The van der Waals surface area contributed by atoms with Gasteiger partial charge in [0.05, 0.1) is 43.8 Å². The minimum atomic E-state index is -1.45. The molecule has 46 heavy (non-hydrogen) atoms. The number of rotatable bonds is 5. The molecule has 2 aromatic heterocycles. The fourth-order valence-corrected chi connectivity index (χ4v) is 6.82. The molecule has 5 rings (SSSR count). The smallest absolute Gasteiger partial charge is 0.276 e. The Morgan fingerprint density at radius 1 is 1.17 bits per heavy atom. The highest BCUT2D eigenvalue weighted by atomic mass is 35.5. The number of allylic oxidation sites excluding steroid dienone is 2. The number of pyridine rings is 2. The van der Waals surface area contributed by atoms with Gasteiger partial charge in [0.2, 0.25) is 5.91 Å². The molecule has 1 aromatic carbocycles. The zero-order chi connectivity index (χ0) is 33.8. The van der Waals surface area contributed by atoms with Crippen molar-refractivity contribution < 1.29 is 18.7 Å². The lowest BCUT2D eigenvalue weighted by molar-refractivity contribution is -0.126. The molecule has 1 fully saturated rings. The first kappa shape index (κ1) is 33.3. The largest absolute Gasteiger partial charge is 0.503 e. The van der Waals surface area contributed by atoms with Crippen LogP contribution >= 0.6 is 34.8 Å². The Balaban J connectivity index is 1.91. The average molecular weight is 690 g/mol. The molecule has 4 heterocycles. The minimum absolute atomic E-state index is 0.0158. The van der Waals surface area contributed by atoms with Crippen molar-refractivity contribution in [1.29, 1.82) is 5.26 Å². The van der Waals surface area contributed by atoms with Crippen LogP contribution in [-0.4, -0.2) is 69.6 Å². The van der Waals surface area contributed by atoms with Crippen LogP contribution in [0.15, 0.2) is 41.4 Å². The van der Waals surface area contributed by atoms with Gasteiger partial charge in [-0.15, -0.1) is 0 Å². The summed E-state index contributed by atoms with van der Waals surface area (Å²) in [6.07, 6.45) is 4.93. The maximum Gasteiger partial charge on any atom is 0.276 e. The first-order valence-electron chi connectivity index (χ1n) is 14.3. The lowest BCUT2D eigenvalue weighted by Crippen LogP contribution is -2.49.